The van der Waals surface area contributed by atoms with Gasteiger partial charge in [0.25, 0.3) is 0 Å². The molecule has 19 heavy (non-hydrogen) atoms. The number of rotatable bonds is 3. The number of benzene rings is 1. The van der Waals surface area contributed by atoms with E-state index in [1.165, 1.54) is 18.4 Å². The van der Waals surface area contributed by atoms with E-state index >= 15 is 0 Å². The highest BCUT2D eigenvalue weighted by molar-refractivity contribution is 5.44. The van der Waals surface area contributed by atoms with Crippen molar-refractivity contribution in [1.82, 2.24) is 0 Å². The van der Waals surface area contributed by atoms with Crippen molar-refractivity contribution in [2.75, 3.05) is 7.11 Å². The number of aryl methyl sites for hydroxylation is 2. The predicted octanol–water partition coefficient (Wildman–Crippen LogP) is 4.17. The normalized spacial score (nSPS) is 25.1. The van der Waals surface area contributed by atoms with Crippen molar-refractivity contribution in [1.29, 1.82) is 0 Å². The van der Waals surface area contributed by atoms with Crippen LogP contribution in [-0.2, 0) is 0 Å². The summed E-state index contributed by atoms with van der Waals surface area (Å²) in [6, 6.07) is 4.16. The van der Waals surface area contributed by atoms with Gasteiger partial charge in [0.1, 0.15) is 5.75 Å². The fourth-order valence-electron chi connectivity index (χ4n) is 3.49. The summed E-state index contributed by atoms with van der Waals surface area (Å²) in [7, 11) is 1.69. The molecule has 0 heterocycles. The van der Waals surface area contributed by atoms with Crippen molar-refractivity contribution in [3.8, 4) is 5.75 Å². The highest BCUT2D eigenvalue weighted by Crippen LogP contribution is 2.41. The molecule has 1 fully saturated rings. The molecule has 2 heteroatoms. The Bertz CT molecular complexity index is 439. The Morgan fingerprint density at radius 3 is 2.63 bits per heavy atom. The Kier molecular flexibility index (Phi) is 4.51. The van der Waals surface area contributed by atoms with Crippen LogP contribution in [0.15, 0.2) is 12.1 Å². The molecule has 0 radical (unpaired) electrons. The number of aliphatic hydroxyl groups excluding tert-OH is 1. The smallest absolute Gasteiger partial charge is 0.125 e. The zero-order chi connectivity index (χ0) is 14.0. The van der Waals surface area contributed by atoms with E-state index in [0.29, 0.717) is 5.92 Å². The Balaban J connectivity index is 2.29. The molecule has 1 aliphatic carbocycles. The van der Waals surface area contributed by atoms with Crippen molar-refractivity contribution >= 4 is 0 Å². The molecule has 1 aromatic carbocycles. The Morgan fingerprint density at radius 2 is 2.00 bits per heavy atom. The molecular formula is C17H26O2. The summed E-state index contributed by atoms with van der Waals surface area (Å²) in [6.07, 6.45) is 4.39. The maximum Gasteiger partial charge on any atom is 0.125 e. The van der Waals surface area contributed by atoms with E-state index in [4.69, 9.17) is 4.74 Å². The second-order valence-electron chi connectivity index (χ2n) is 6.17. The minimum Gasteiger partial charge on any atom is -0.496 e. The van der Waals surface area contributed by atoms with Crippen LogP contribution in [-0.4, -0.2) is 12.2 Å². The summed E-state index contributed by atoms with van der Waals surface area (Å²) in [5.74, 6) is 1.94. The molecule has 2 rings (SSSR count). The summed E-state index contributed by atoms with van der Waals surface area (Å²) >= 11 is 0. The fourth-order valence-corrected chi connectivity index (χ4v) is 3.49. The van der Waals surface area contributed by atoms with Crippen LogP contribution in [0.2, 0.25) is 0 Å². The van der Waals surface area contributed by atoms with E-state index in [0.717, 1.165) is 35.6 Å². The number of aliphatic hydroxyl groups is 1. The lowest BCUT2D eigenvalue weighted by molar-refractivity contribution is 0.0688. The molecule has 106 valence electrons. The summed E-state index contributed by atoms with van der Waals surface area (Å²) in [4.78, 5) is 0. The fraction of sp³-hybridized carbons (Fsp3) is 0.647. The van der Waals surface area contributed by atoms with Crippen LogP contribution in [0.25, 0.3) is 0 Å². The topological polar surface area (TPSA) is 29.5 Å². The molecule has 1 N–H and O–H groups in total. The molecule has 0 amide bonds. The van der Waals surface area contributed by atoms with E-state index in [2.05, 4.69) is 26.8 Å². The molecular weight excluding hydrogens is 236 g/mol. The van der Waals surface area contributed by atoms with E-state index in [1.54, 1.807) is 7.11 Å². The second-order valence-corrected chi connectivity index (χ2v) is 6.17. The minimum atomic E-state index is -0.390. The summed E-state index contributed by atoms with van der Waals surface area (Å²) in [5, 5.41) is 10.8. The van der Waals surface area contributed by atoms with Gasteiger partial charge in [-0.1, -0.05) is 25.8 Å². The molecule has 1 saturated carbocycles. The van der Waals surface area contributed by atoms with Gasteiger partial charge in [-0.05, 0) is 55.7 Å². The molecule has 1 aromatic rings. The summed E-state index contributed by atoms with van der Waals surface area (Å²) in [6.45, 7) is 6.42. The third-order valence-electron chi connectivity index (χ3n) is 4.43. The van der Waals surface area contributed by atoms with E-state index < -0.39 is 6.10 Å². The first kappa shape index (κ1) is 14.4. The number of ether oxygens (including phenoxy) is 1. The first-order chi connectivity index (χ1) is 9.02. The maximum absolute atomic E-state index is 10.8. The average Bonchev–Trinajstić information content (AvgIpc) is 2.37. The number of hydrogen-bond acceptors (Lipinski definition) is 2. The summed E-state index contributed by atoms with van der Waals surface area (Å²) in [5.41, 5.74) is 3.32. The van der Waals surface area contributed by atoms with E-state index in [1.807, 2.05) is 6.07 Å². The highest BCUT2D eigenvalue weighted by Gasteiger charge is 2.29. The van der Waals surface area contributed by atoms with Crippen LogP contribution in [0, 0.1) is 25.7 Å². The van der Waals surface area contributed by atoms with Gasteiger partial charge < -0.3 is 9.84 Å². The van der Waals surface area contributed by atoms with Crippen molar-refractivity contribution in [3.05, 3.63) is 28.8 Å². The van der Waals surface area contributed by atoms with Crippen LogP contribution in [0.4, 0.5) is 0 Å². The first-order valence-electron chi connectivity index (χ1n) is 7.36. The predicted molar refractivity (Wildman–Crippen MR) is 78.5 cm³/mol. The van der Waals surface area contributed by atoms with Crippen LogP contribution in [0.5, 0.6) is 5.75 Å². The molecule has 0 aliphatic heterocycles. The Morgan fingerprint density at radius 1 is 1.26 bits per heavy atom. The molecule has 2 nitrogen and oxygen atoms in total. The van der Waals surface area contributed by atoms with Gasteiger partial charge in [-0.3, -0.25) is 0 Å². The zero-order valence-electron chi connectivity index (χ0n) is 12.6. The minimum absolute atomic E-state index is 0.374. The van der Waals surface area contributed by atoms with E-state index in [9.17, 15) is 5.11 Å². The monoisotopic (exact) mass is 262 g/mol. The van der Waals surface area contributed by atoms with Crippen LogP contribution in [0.3, 0.4) is 0 Å². The molecule has 1 aliphatic rings. The molecule has 3 atom stereocenters. The quantitative estimate of drug-likeness (QED) is 0.885. The van der Waals surface area contributed by atoms with Crippen LogP contribution < -0.4 is 4.74 Å². The number of hydrogen-bond donors (Lipinski definition) is 1. The van der Waals surface area contributed by atoms with Gasteiger partial charge in [0.15, 0.2) is 0 Å². The highest BCUT2D eigenvalue weighted by atomic mass is 16.5. The third-order valence-corrected chi connectivity index (χ3v) is 4.43. The maximum atomic E-state index is 10.8. The molecule has 0 saturated heterocycles. The van der Waals surface area contributed by atoms with E-state index in [-0.39, 0.29) is 0 Å². The lowest BCUT2D eigenvalue weighted by Crippen LogP contribution is -2.21. The van der Waals surface area contributed by atoms with Crippen molar-refractivity contribution in [2.24, 2.45) is 11.8 Å². The van der Waals surface area contributed by atoms with Crippen molar-refractivity contribution in [2.45, 2.75) is 52.6 Å². The number of methoxy groups -OCH3 is 1. The van der Waals surface area contributed by atoms with Gasteiger partial charge in [-0.2, -0.15) is 0 Å². The van der Waals surface area contributed by atoms with Crippen LogP contribution in [0.1, 0.15) is 55.4 Å². The SMILES string of the molecule is COc1cc(C)cc(C)c1C(O)C1CCCC(C)C1. The van der Waals surface area contributed by atoms with Gasteiger partial charge in [0.2, 0.25) is 0 Å². The summed E-state index contributed by atoms with van der Waals surface area (Å²) < 4.78 is 5.49. The average molecular weight is 262 g/mol. The molecule has 0 bridgehead atoms. The Hall–Kier alpha value is -1.02. The second kappa shape index (κ2) is 5.96. The third kappa shape index (κ3) is 3.11. The first-order valence-corrected chi connectivity index (χ1v) is 7.36. The van der Waals surface area contributed by atoms with Gasteiger partial charge in [0, 0.05) is 5.56 Å². The van der Waals surface area contributed by atoms with Crippen molar-refractivity contribution in [3.63, 3.8) is 0 Å². The van der Waals surface area contributed by atoms with Gasteiger partial charge >= 0.3 is 0 Å². The standard InChI is InChI=1S/C17H26O2/c1-11-6-5-7-14(9-11)17(18)16-13(3)8-12(2)10-15(16)19-4/h8,10-11,14,17-18H,5-7,9H2,1-4H3. The van der Waals surface area contributed by atoms with Gasteiger partial charge in [-0.15, -0.1) is 0 Å². The van der Waals surface area contributed by atoms with Crippen molar-refractivity contribution < 1.29 is 9.84 Å². The van der Waals surface area contributed by atoms with Gasteiger partial charge in [-0.25, -0.2) is 0 Å². The lowest BCUT2D eigenvalue weighted by Gasteiger charge is -2.32. The largest absolute Gasteiger partial charge is 0.496 e. The molecule has 0 spiro atoms. The molecule has 0 aromatic heterocycles. The molecule has 3 unspecified atom stereocenters. The van der Waals surface area contributed by atoms with Crippen LogP contribution >= 0.6 is 0 Å². The lowest BCUT2D eigenvalue weighted by atomic mass is 9.77. The Labute approximate surface area is 116 Å². The van der Waals surface area contributed by atoms with Gasteiger partial charge in [0.05, 0.1) is 13.2 Å². The zero-order valence-corrected chi connectivity index (χ0v) is 12.6.